The van der Waals surface area contributed by atoms with Gasteiger partial charge in [0.1, 0.15) is 11.5 Å². The Balaban J connectivity index is 1.36. The molecule has 2 atom stereocenters. The van der Waals surface area contributed by atoms with Gasteiger partial charge in [0.25, 0.3) is 0 Å². The summed E-state index contributed by atoms with van der Waals surface area (Å²) in [5, 5.41) is 17.7. The van der Waals surface area contributed by atoms with Crippen LogP contribution in [0, 0.1) is 0 Å². The number of fused-ring (bicyclic) bond motifs is 1. The van der Waals surface area contributed by atoms with E-state index in [2.05, 4.69) is 21.3 Å². The molecule has 1 unspecified atom stereocenters. The summed E-state index contributed by atoms with van der Waals surface area (Å²) in [7, 11) is 0. The number of nitrogens with zero attached hydrogens (tertiary/aromatic N) is 6. The van der Waals surface area contributed by atoms with Gasteiger partial charge in [0.15, 0.2) is 6.23 Å². The lowest BCUT2D eigenvalue weighted by Gasteiger charge is -2.33. The van der Waals surface area contributed by atoms with Crippen molar-refractivity contribution in [2.75, 3.05) is 24.6 Å². The molecule has 4 aromatic rings. The molecular formula is C27H29N7O3. The van der Waals surface area contributed by atoms with Crippen molar-refractivity contribution in [1.82, 2.24) is 30.0 Å². The first kappa shape index (κ1) is 23.4. The molecule has 10 heteroatoms. The van der Waals surface area contributed by atoms with Crippen LogP contribution in [-0.2, 0) is 4.74 Å². The molecule has 2 fully saturated rings. The second-order valence-corrected chi connectivity index (χ2v) is 9.58. The van der Waals surface area contributed by atoms with Gasteiger partial charge in [0, 0.05) is 60.8 Å². The predicted octanol–water partition coefficient (Wildman–Crippen LogP) is 4.49. The van der Waals surface area contributed by atoms with Crippen LogP contribution in [0.25, 0.3) is 33.4 Å². The highest BCUT2D eigenvalue weighted by Crippen LogP contribution is 2.34. The molecule has 190 valence electrons. The minimum atomic E-state index is -0.986. The van der Waals surface area contributed by atoms with E-state index in [0.717, 1.165) is 84.5 Å². The summed E-state index contributed by atoms with van der Waals surface area (Å²) in [6, 6.07) is 9.90. The molecule has 10 nitrogen and oxygen atoms in total. The van der Waals surface area contributed by atoms with Crippen LogP contribution in [0.15, 0.2) is 55.1 Å². The Morgan fingerprint density at radius 3 is 2.76 bits per heavy atom. The van der Waals surface area contributed by atoms with Crippen molar-refractivity contribution in [3.8, 4) is 22.5 Å². The normalized spacial score (nSPS) is 20.2. The van der Waals surface area contributed by atoms with E-state index in [0.29, 0.717) is 6.54 Å². The number of hydrogen-bond donors (Lipinski definition) is 2. The highest BCUT2D eigenvalue weighted by molar-refractivity contribution is 5.95. The summed E-state index contributed by atoms with van der Waals surface area (Å²) in [6.45, 7) is 2.18. The molecule has 2 N–H and O–H groups in total. The maximum atomic E-state index is 11.1. The monoisotopic (exact) mass is 499 g/mol. The van der Waals surface area contributed by atoms with Crippen LogP contribution in [-0.4, -0.2) is 61.7 Å². The molecule has 1 amide bonds. The number of piperidine rings is 1. The minimum Gasteiger partial charge on any atom is -0.465 e. The lowest BCUT2D eigenvalue weighted by atomic mass is 10.1. The molecule has 0 aliphatic carbocycles. The quantitative estimate of drug-likeness (QED) is 0.412. The van der Waals surface area contributed by atoms with Gasteiger partial charge in [0.2, 0.25) is 0 Å². The summed E-state index contributed by atoms with van der Waals surface area (Å²) in [5.41, 5.74) is 4.45. The van der Waals surface area contributed by atoms with Gasteiger partial charge >= 0.3 is 6.09 Å². The summed E-state index contributed by atoms with van der Waals surface area (Å²) in [5.74, 6) is 0.831. The van der Waals surface area contributed by atoms with E-state index in [1.165, 1.54) is 0 Å². The molecule has 4 aromatic heterocycles. The van der Waals surface area contributed by atoms with Crippen molar-refractivity contribution in [2.45, 2.75) is 44.4 Å². The second-order valence-electron chi connectivity index (χ2n) is 9.58. The number of carboxylic acid groups (broad SMARTS) is 1. The molecule has 2 saturated heterocycles. The van der Waals surface area contributed by atoms with Gasteiger partial charge in [0.05, 0.1) is 17.4 Å². The number of pyridine rings is 3. The number of ether oxygens (including phenoxy) is 1. The van der Waals surface area contributed by atoms with Gasteiger partial charge < -0.3 is 20.1 Å². The van der Waals surface area contributed by atoms with Crippen LogP contribution < -0.4 is 10.2 Å². The Bertz CT molecular complexity index is 1380. The first-order valence-corrected chi connectivity index (χ1v) is 12.8. The van der Waals surface area contributed by atoms with Crippen LogP contribution in [0.2, 0.25) is 0 Å². The molecule has 6 heterocycles. The van der Waals surface area contributed by atoms with Crippen molar-refractivity contribution in [3.63, 3.8) is 0 Å². The zero-order valence-electron chi connectivity index (χ0n) is 20.5. The van der Waals surface area contributed by atoms with E-state index < -0.39 is 6.09 Å². The molecule has 0 saturated carbocycles. The van der Waals surface area contributed by atoms with E-state index in [9.17, 15) is 4.79 Å². The molecule has 37 heavy (non-hydrogen) atoms. The van der Waals surface area contributed by atoms with E-state index >= 15 is 0 Å². The zero-order chi connectivity index (χ0) is 25.2. The third kappa shape index (κ3) is 4.84. The van der Waals surface area contributed by atoms with Crippen molar-refractivity contribution in [3.05, 3.63) is 55.1 Å². The van der Waals surface area contributed by atoms with Crippen molar-refractivity contribution in [2.24, 2.45) is 0 Å². The van der Waals surface area contributed by atoms with Crippen molar-refractivity contribution < 1.29 is 14.6 Å². The Kier molecular flexibility index (Phi) is 6.40. The number of aromatic nitrogens is 5. The Morgan fingerprint density at radius 1 is 1.05 bits per heavy atom. The van der Waals surface area contributed by atoms with Crippen LogP contribution in [0.3, 0.4) is 0 Å². The lowest BCUT2D eigenvalue weighted by molar-refractivity contribution is -0.0365. The number of hydrogen-bond acceptors (Lipinski definition) is 7. The van der Waals surface area contributed by atoms with Crippen molar-refractivity contribution >= 4 is 22.8 Å². The average Bonchev–Trinajstić information content (AvgIpc) is 3.33. The summed E-state index contributed by atoms with van der Waals surface area (Å²) >= 11 is 0. The van der Waals surface area contributed by atoms with E-state index in [1.54, 1.807) is 6.20 Å². The highest BCUT2D eigenvalue weighted by atomic mass is 16.5. The third-order valence-corrected chi connectivity index (χ3v) is 7.07. The molecule has 0 bridgehead atoms. The van der Waals surface area contributed by atoms with Crippen molar-refractivity contribution in [1.29, 1.82) is 0 Å². The number of rotatable bonds is 5. The predicted molar refractivity (Wildman–Crippen MR) is 139 cm³/mol. The fourth-order valence-electron chi connectivity index (χ4n) is 5.25. The molecular weight excluding hydrogens is 470 g/mol. The lowest BCUT2D eigenvalue weighted by Crippen LogP contribution is -2.47. The number of amides is 1. The molecule has 0 aromatic carbocycles. The highest BCUT2D eigenvalue weighted by Gasteiger charge is 2.24. The third-order valence-electron chi connectivity index (χ3n) is 7.07. The van der Waals surface area contributed by atoms with Gasteiger partial charge in [-0.05, 0) is 62.4 Å². The van der Waals surface area contributed by atoms with Gasteiger partial charge in [-0.25, -0.2) is 14.5 Å². The van der Waals surface area contributed by atoms with Crippen LogP contribution >= 0.6 is 0 Å². The van der Waals surface area contributed by atoms with Crippen LogP contribution in [0.5, 0.6) is 0 Å². The zero-order valence-corrected chi connectivity index (χ0v) is 20.5. The number of anilines is 1. The maximum Gasteiger partial charge on any atom is 0.404 e. The first-order valence-electron chi connectivity index (χ1n) is 12.8. The molecule has 2 aliphatic heterocycles. The molecule has 0 radical (unpaired) electrons. The SMILES string of the molecule is O=C(O)N[C@@H]1CCCN(c2ccc(-c3nn(C4CCCCO4)c4cnc(-c5cccnc5)cc34)cn2)C1. The summed E-state index contributed by atoms with van der Waals surface area (Å²) < 4.78 is 8.03. The van der Waals surface area contributed by atoms with Gasteiger partial charge in [-0.15, -0.1) is 0 Å². The Morgan fingerprint density at radius 2 is 2.00 bits per heavy atom. The van der Waals surface area contributed by atoms with Crippen LogP contribution in [0.1, 0.15) is 38.3 Å². The largest absolute Gasteiger partial charge is 0.465 e. The number of nitrogens with one attached hydrogen (secondary N) is 1. The van der Waals surface area contributed by atoms with Gasteiger partial charge in [-0.1, -0.05) is 0 Å². The van der Waals surface area contributed by atoms with E-state index in [1.807, 2.05) is 47.5 Å². The molecule has 0 spiro atoms. The van der Waals surface area contributed by atoms with Gasteiger partial charge in [-0.2, -0.15) is 5.10 Å². The minimum absolute atomic E-state index is 0.0961. The smallest absolute Gasteiger partial charge is 0.404 e. The van der Waals surface area contributed by atoms with E-state index in [-0.39, 0.29) is 12.3 Å². The molecule has 6 rings (SSSR count). The second kappa shape index (κ2) is 10.1. The topological polar surface area (TPSA) is 118 Å². The van der Waals surface area contributed by atoms with Gasteiger partial charge in [-0.3, -0.25) is 9.97 Å². The standard InChI is InChI=1S/C27H29N7O3/c35-27(36)31-20-6-4-11-33(17-20)24-9-8-19(15-30-24)26-21-13-22(18-5-3-10-28-14-18)29-16-23(21)34(32-26)25-7-1-2-12-37-25/h3,5,8-10,13-16,20,25,31H,1-2,4,6-7,11-12,17H2,(H,35,36)/t20-,25?/m1/s1. The average molecular weight is 500 g/mol. The van der Waals surface area contributed by atoms with E-state index in [4.69, 9.17) is 24.9 Å². The fourth-order valence-corrected chi connectivity index (χ4v) is 5.25. The Labute approximate surface area is 214 Å². The summed E-state index contributed by atoms with van der Waals surface area (Å²) in [4.78, 5) is 26.9. The fraction of sp³-hybridized carbons (Fsp3) is 0.370. The molecule has 2 aliphatic rings. The maximum absolute atomic E-state index is 11.1. The number of carbonyl (C=O) groups is 1. The Hall–Kier alpha value is -4.05. The van der Waals surface area contributed by atoms with Crippen LogP contribution in [0.4, 0.5) is 10.6 Å². The summed E-state index contributed by atoms with van der Waals surface area (Å²) in [6.07, 6.45) is 11.0. The first-order chi connectivity index (χ1) is 18.2.